The number of benzene rings is 2. The van der Waals surface area contributed by atoms with Gasteiger partial charge in [-0.3, -0.25) is 9.59 Å². The zero-order valence-electron chi connectivity index (χ0n) is 16.1. The lowest BCUT2D eigenvalue weighted by Crippen LogP contribution is -2.33. The third-order valence-electron chi connectivity index (χ3n) is 4.49. The number of aryl methyl sites for hydroxylation is 1. The normalized spacial score (nSPS) is 10.5. The molecule has 0 radical (unpaired) electrons. The Balaban J connectivity index is 2.01. The van der Waals surface area contributed by atoms with Crippen LogP contribution in [0, 0.1) is 5.82 Å². The maximum absolute atomic E-state index is 14.0. The number of nitrogens with zero attached hydrogens (tertiary/aromatic N) is 1. The van der Waals surface area contributed by atoms with Crippen molar-refractivity contribution < 1.29 is 23.8 Å². The molecule has 150 valence electrons. The van der Waals surface area contributed by atoms with E-state index >= 15 is 0 Å². The van der Waals surface area contributed by atoms with E-state index in [0.29, 0.717) is 25.9 Å². The largest absolute Gasteiger partial charge is 0.494 e. The molecule has 0 aliphatic rings. The van der Waals surface area contributed by atoms with Gasteiger partial charge in [-0.25, -0.2) is 4.39 Å². The van der Waals surface area contributed by atoms with E-state index in [2.05, 4.69) is 0 Å². The first-order chi connectivity index (χ1) is 13.5. The predicted octanol–water partition coefficient (Wildman–Crippen LogP) is 4.16. The maximum Gasteiger partial charge on any atom is 0.303 e. The predicted molar refractivity (Wildman–Crippen MR) is 105 cm³/mol. The lowest BCUT2D eigenvalue weighted by atomic mass is 10.1. The van der Waals surface area contributed by atoms with Crippen LogP contribution in [-0.4, -0.2) is 42.1 Å². The summed E-state index contributed by atoms with van der Waals surface area (Å²) in [6, 6.07) is 14.2. The number of methoxy groups -OCH3 is 1. The van der Waals surface area contributed by atoms with Crippen LogP contribution in [0.5, 0.6) is 5.75 Å². The number of hydrogen-bond donors (Lipinski definition) is 1. The second-order valence-corrected chi connectivity index (χ2v) is 6.58. The van der Waals surface area contributed by atoms with Gasteiger partial charge in [-0.2, -0.15) is 0 Å². The monoisotopic (exact) mass is 387 g/mol. The van der Waals surface area contributed by atoms with E-state index in [1.54, 1.807) is 11.0 Å². The minimum Gasteiger partial charge on any atom is -0.494 e. The highest BCUT2D eigenvalue weighted by Gasteiger charge is 2.17. The fourth-order valence-corrected chi connectivity index (χ4v) is 2.99. The number of carboxylic acids is 1. The van der Waals surface area contributed by atoms with Crippen LogP contribution in [0.15, 0.2) is 48.5 Å². The van der Waals surface area contributed by atoms with Crippen LogP contribution in [0.4, 0.5) is 4.39 Å². The molecular formula is C22H26FNO4. The highest BCUT2D eigenvalue weighted by Crippen LogP contribution is 2.19. The SMILES string of the molecule is COc1ccc(C(=O)N(CCCCC(=O)O)CCCc2ccccc2)cc1F. The van der Waals surface area contributed by atoms with Gasteiger partial charge in [0, 0.05) is 25.1 Å². The van der Waals surface area contributed by atoms with Gasteiger partial charge in [0.05, 0.1) is 7.11 Å². The van der Waals surface area contributed by atoms with E-state index in [1.807, 2.05) is 30.3 Å². The van der Waals surface area contributed by atoms with E-state index in [9.17, 15) is 14.0 Å². The van der Waals surface area contributed by atoms with Crippen molar-refractivity contribution in [3.05, 3.63) is 65.5 Å². The summed E-state index contributed by atoms with van der Waals surface area (Å²) in [5, 5.41) is 8.78. The molecule has 0 bridgehead atoms. The van der Waals surface area contributed by atoms with Gasteiger partial charge in [-0.05, 0) is 49.4 Å². The first kappa shape index (κ1) is 21.4. The number of unbranched alkanes of at least 4 members (excludes halogenated alkanes) is 1. The Kier molecular flexibility index (Phi) is 8.46. The van der Waals surface area contributed by atoms with Crippen molar-refractivity contribution in [2.75, 3.05) is 20.2 Å². The molecule has 1 N–H and O–H groups in total. The lowest BCUT2D eigenvalue weighted by molar-refractivity contribution is -0.137. The van der Waals surface area contributed by atoms with Crippen LogP contribution in [0.3, 0.4) is 0 Å². The molecule has 6 heteroatoms. The molecule has 0 saturated carbocycles. The summed E-state index contributed by atoms with van der Waals surface area (Å²) in [6.45, 7) is 0.961. The molecule has 0 aliphatic heterocycles. The molecule has 2 aromatic carbocycles. The summed E-state index contributed by atoms with van der Waals surface area (Å²) in [7, 11) is 1.37. The molecule has 0 unspecified atom stereocenters. The van der Waals surface area contributed by atoms with E-state index in [4.69, 9.17) is 9.84 Å². The number of hydrogen-bond acceptors (Lipinski definition) is 3. The van der Waals surface area contributed by atoms with Crippen molar-refractivity contribution in [2.24, 2.45) is 0 Å². The zero-order valence-corrected chi connectivity index (χ0v) is 16.1. The van der Waals surface area contributed by atoms with Gasteiger partial charge in [0.25, 0.3) is 5.91 Å². The van der Waals surface area contributed by atoms with E-state index in [1.165, 1.54) is 24.8 Å². The first-order valence-electron chi connectivity index (χ1n) is 9.40. The molecule has 5 nitrogen and oxygen atoms in total. The number of carboxylic acid groups (broad SMARTS) is 1. The summed E-state index contributed by atoms with van der Waals surface area (Å²) in [4.78, 5) is 25.2. The fourth-order valence-electron chi connectivity index (χ4n) is 2.99. The standard InChI is InChI=1S/C22H26FNO4/c1-28-20-13-12-18(16-19(20)23)22(27)24(14-6-5-11-21(25)26)15-7-10-17-8-3-2-4-9-17/h2-4,8-9,12-13,16H,5-7,10-11,14-15H2,1H3,(H,25,26). The van der Waals surface area contributed by atoms with Gasteiger partial charge in [0.15, 0.2) is 11.6 Å². The topological polar surface area (TPSA) is 66.8 Å². The Labute approximate surface area is 164 Å². The Morgan fingerprint density at radius 2 is 1.75 bits per heavy atom. The second kappa shape index (κ2) is 11.1. The molecule has 0 atom stereocenters. The number of amides is 1. The number of carbonyl (C=O) groups is 2. The minimum absolute atomic E-state index is 0.0726. The Morgan fingerprint density at radius 1 is 1.04 bits per heavy atom. The van der Waals surface area contributed by atoms with Crippen molar-refractivity contribution in [3.8, 4) is 5.75 Å². The van der Waals surface area contributed by atoms with Crippen molar-refractivity contribution in [1.82, 2.24) is 4.90 Å². The molecule has 28 heavy (non-hydrogen) atoms. The molecule has 1 amide bonds. The summed E-state index contributed by atoms with van der Waals surface area (Å²) < 4.78 is 18.9. The lowest BCUT2D eigenvalue weighted by Gasteiger charge is -2.23. The molecule has 0 spiro atoms. The summed E-state index contributed by atoms with van der Waals surface area (Å²) in [5.74, 6) is -1.60. The van der Waals surface area contributed by atoms with Gasteiger partial charge in [-0.15, -0.1) is 0 Å². The number of ether oxygens (including phenoxy) is 1. The number of halogens is 1. The molecular weight excluding hydrogens is 361 g/mol. The van der Waals surface area contributed by atoms with Crippen LogP contribution < -0.4 is 4.74 Å². The summed E-state index contributed by atoms with van der Waals surface area (Å²) >= 11 is 0. The van der Waals surface area contributed by atoms with Crippen molar-refractivity contribution in [1.29, 1.82) is 0 Å². The van der Waals surface area contributed by atoms with Crippen LogP contribution in [0.2, 0.25) is 0 Å². The third kappa shape index (κ3) is 6.68. The van der Waals surface area contributed by atoms with Crippen molar-refractivity contribution >= 4 is 11.9 Å². The van der Waals surface area contributed by atoms with Crippen molar-refractivity contribution in [2.45, 2.75) is 32.1 Å². The molecule has 0 heterocycles. The maximum atomic E-state index is 14.0. The fraction of sp³-hybridized carbons (Fsp3) is 0.364. The highest BCUT2D eigenvalue weighted by atomic mass is 19.1. The number of rotatable bonds is 11. The molecule has 2 aromatic rings. The van der Waals surface area contributed by atoms with E-state index in [-0.39, 0.29) is 23.6 Å². The molecule has 0 aromatic heterocycles. The summed E-state index contributed by atoms with van der Waals surface area (Å²) in [5.41, 5.74) is 1.45. The number of carbonyl (C=O) groups excluding carboxylic acids is 1. The Morgan fingerprint density at radius 3 is 2.39 bits per heavy atom. The van der Waals surface area contributed by atoms with Crippen LogP contribution in [-0.2, 0) is 11.2 Å². The number of aliphatic carboxylic acids is 1. The van der Waals surface area contributed by atoms with Gasteiger partial charge in [0.1, 0.15) is 0 Å². The average molecular weight is 387 g/mol. The average Bonchev–Trinajstić information content (AvgIpc) is 2.69. The van der Waals surface area contributed by atoms with E-state index < -0.39 is 11.8 Å². The summed E-state index contributed by atoms with van der Waals surface area (Å²) in [6.07, 6.45) is 2.75. The highest BCUT2D eigenvalue weighted by molar-refractivity contribution is 5.94. The van der Waals surface area contributed by atoms with Crippen LogP contribution in [0.25, 0.3) is 0 Å². The Bertz CT molecular complexity index is 779. The second-order valence-electron chi connectivity index (χ2n) is 6.58. The Hall–Kier alpha value is -2.89. The first-order valence-corrected chi connectivity index (χ1v) is 9.40. The smallest absolute Gasteiger partial charge is 0.303 e. The van der Waals surface area contributed by atoms with Gasteiger partial charge in [-0.1, -0.05) is 30.3 Å². The zero-order chi connectivity index (χ0) is 20.4. The van der Waals surface area contributed by atoms with Gasteiger partial charge >= 0.3 is 5.97 Å². The third-order valence-corrected chi connectivity index (χ3v) is 4.49. The molecule has 0 aliphatic carbocycles. The molecule has 0 fully saturated rings. The van der Waals surface area contributed by atoms with E-state index in [0.717, 1.165) is 12.8 Å². The quantitative estimate of drug-likeness (QED) is 0.588. The molecule has 2 rings (SSSR count). The van der Waals surface area contributed by atoms with Crippen molar-refractivity contribution in [3.63, 3.8) is 0 Å². The van der Waals surface area contributed by atoms with Crippen LogP contribution in [0.1, 0.15) is 41.6 Å². The van der Waals surface area contributed by atoms with Crippen LogP contribution >= 0.6 is 0 Å². The molecule has 0 saturated heterocycles. The van der Waals surface area contributed by atoms with Gasteiger partial charge in [0.2, 0.25) is 0 Å². The van der Waals surface area contributed by atoms with Gasteiger partial charge < -0.3 is 14.7 Å². The minimum atomic E-state index is -0.848.